The number of hydrogen-bond donors (Lipinski definition) is 4. The number of carbonyl (C=O) groups is 5. The minimum atomic E-state index is -1.60. The highest BCUT2D eigenvalue weighted by molar-refractivity contribution is 5.94. The minimum Gasteiger partial charge on any atom is -0.463 e. The van der Waals surface area contributed by atoms with Gasteiger partial charge in [0.2, 0.25) is 11.8 Å². The van der Waals surface area contributed by atoms with Crippen LogP contribution in [0.1, 0.15) is 75.2 Å². The lowest BCUT2D eigenvalue weighted by atomic mass is 9.85. The van der Waals surface area contributed by atoms with E-state index in [-0.39, 0.29) is 36.8 Å². The van der Waals surface area contributed by atoms with Crippen molar-refractivity contribution in [1.82, 2.24) is 20.9 Å². The van der Waals surface area contributed by atoms with E-state index < -0.39 is 65.0 Å². The molecule has 2 aliphatic rings. The third-order valence-electron chi connectivity index (χ3n) is 8.13. The van der Waals surface area contributed by atoms with Gasteiger partial charge >= 0.3 is 12.1 Å². The molecule has 44 heavy (non-hydrogen) atoms. The highest BCUT2D eigenvalue weighted by Crippen LogP contribution is 2.65. The molecule has 6 atom stereocenters. The zero-order valence-corrected chi connectivity index (χ0v) is 27.7. The van der Waals surface area contributed by atoms with Crippen LogP contribution < -0.4 is 16.0 Å². The van der Waals surface area contributed by atoms with E-state index in [0.29, 0.717) is 13.0 Å². The molecule has 2 rings (SSSR count). The van der Waals surface area contributed by atoms with Gasteiger partial charge in [-0.1, -0.05) is 46.8 Å². The van der Waals surface area contributed by atoms with Crippen LogP contribution in [0.4, 0.5) is 4.79 Å². The predicted octanol–water partition coefficient (Wildman–Crippen LogP) is 2.46. The monoisotopic (exact) mass is 620 g/mol. The second-order valence-electron chi connectivity index (χ2n) is 14.2. The molecular weight excluding hydrogens is 568 g/mol. The van der Waals surface area contributed by atoms with Gasteiger partial charge in [-0.15, -0.1) is 6.58 Å². The summed E-state index contributed by atoms with van der Waals surface area (Å²) in [6.07, 6.45) is 2.50. The number of nitrogens with one attached hydrogen (secondary N) is 3. The number of likely N-dealkylation sites (tertiary alicyclic amines) is 1. The number of allylic oxidation sites excluding steroid dienone is 1. The van der Waals surface area contributed by atoms with E-state index >= 15 is 0 Å². The zero-order chi connectivity index (χ0) is 33.6. The summed E-state index contributed by atoms with van der Waals surface area (Å²) in [6.45, 7) is 20.7. The van der Waals surface area contributed by atoms with E-state index in [1.807, 2.05) is 34.6 Å². The number of rotatable bonds is 13. The van der Waals surface area contributed by atoms with Crippen LogP contribution >= 0.6 is 0 Å². The molecule has 4 N–H and O–H groups in total. The lowest BCUT2D eigenvalue weighted by molar-refractivity contribution is -0.145. The highest BCUT2D eigenvalue weighted by Gasteiger charge is 2.70. The molecule has 2 fully saturated rings. The molecule has 0 bridgehead atoms. The Morgan fingerprint density at radius 2 is 1.73 bits per heavy atom. The molecule has 1 saturated carbocycles. The lowest BCUT2D eigenvalue weighted by Crippen LogP contribution is -2.61. The van der Waals surface area contributed by atoms with Gasteiger partial charge in [0.05, 0.1) is 12.6 Å². The Morgan fingerprint density at radius 3 is 2.27 bits per heavy atom. The first-order valence-electron chi connectivity index (χ1n) is 15.3. The average molecular weight is 621 g/mol. The molecule has 12 heteroatoms. The molecule has 12 nitrogen and oxygen atoms in total. The summed E-state index contributed by atoms with van der Waals surface area (Å²) in [7, 11) is 0. The van der Waals surface area contributed by atoms with Gasteiger partial charge in [0, 0.05) is 19.2 Å². The smallest absolute Gasteiger partial charge is 0.408 e. The molecule has 248 valence electrons. The third-order valence-corrected chi connectivity index (χ3v) is 8.13. The molecular formula is C32H52N4O8. The van der Waals surface area contributed by atoms with E-state index in [4.69, 9.17) is 9.47 Å². The van der Waals surface area contributed by atoms with Crippen molar-refractivity contribution in [1.29, 1.82) is 0 Å². The van der Waals surface area contributed by atoms with Crippen LogP contribution in [0, 0.1) is 22.7 Å². The maximum Gasteiger partial charge on any atom is 0.408 e. The van der Waals surface area contributed by atoms with Crippen LogP contribution in [0.2, 0.25) is 0 Å². The zero-order valence-electron chi connectivity index (χ0n) is 27.7. The molecule has 4 amide bonds. The molecule has 0 spiro atoms. The van der Waals surface area contributed by atoms with Gasteiger partial charge < -0.3 is 35.4 Å². The van der Waals surface area contributed by atoms with Gasteiger partial charge in [-0.25, -0.2) is 9.59 Å². The van der Waals surface area contributed by atoms with Crippen molar-refractivity contribution in [3.8, 4) is 0 Å². The van der Waals surface area contributed by atoms with Gasteiger partial charge in [0.15, 0.2) is 6.10 Å². The first kappa shape index (κ1) is 36.8. The van der Waals surface area contributed by atoms with Gasteiger partial charge in [-0.05, 0) is 63.2 Å². The molecule has 0 aromatic rings. The summed E-state index contributed by atoms with van der Waals surface area (Å²) in [5, 5.41) is 19.0. The Labute approximate surface area is 261 Å². The number of aliphatic hydroxyl groups excluding tert-OH is 1. The van der Waals surface area contributed by atoms with E-state index in [0.717, 1.165) is 0 Å². The summed E-state index contributed by atoms with van der Waals surface area (Å²) in [4.78, 5) is 66.4. The maximum absolute atomic E-state index is 14.0. The van der Waals surface area contributed by atoms with Gasteiger partial charge in [-0.2, -0.15) is 0 Å². The number of nitrogens with zero attached hydrogens (tertiary/aromatic N) is 1. The summed E-state index contributed by atoms with van der Waals surface area (Å²) >= 11 is 0. The van der Waals surface area contributed by atoms with E-state index in [2.05, 4.69) is 22.5 Å². The summed E-state index contributed by atoms with van der Waals surface area (Å²) in [5.74, 6) is -2.22. The maximum atomic E-state index is 14.0. The highest BCUT2D eigenvalue weighted by atomic mass is 16.6. The Bertz CT molecular complexity index is 1120. The van der Waals surface area contributed by atoms with Crippen LogP contribution in [0.5, 0.6) is 0 Å². The van der Waals surface area contributed by atoms with E-state index in [1.165, 1.54) is 17.1 Å². The molecule has 0 radical (unpaired) electrons. The summed E-state index contributed by atoms with van der Waals surface area (Å²) < 4.78 is 10.2. The van der Waals surface area contributed by atoms with Crippen LogP contribution in [-0.4, -0.2) is 89.3 Å². The fraction of sp³-hybridized carbons (Fsp3) is 0.719. The Morgan fingerprint density at radius 1 is 1.09 bits per heavy atom. The molecule has 0 aromatic heterocycles. The second-order valence-corrected chi connectivity index (χ2v) is 14.2. The summed E-state index contributed by atoms with van der Waals surface area (Å²) in [5.41, 5.74) is -1.64. The fourth-order valence-corrected chi connectivity index (χ4v) is 5.72. The SMILES string of the molecule is C=CCCC(NC(=O)C1C2C(CN1C(=O)[C@@H](NC(=O)OC(C)(C)C)C(C)(C)C)C2(C)C)C(O)C(=O)NCC=CC(=O)OCC. The van der Waals surface area contributed by atoms with Crippen molar-refractivity contribution in [2.24, 2.45) is 22.7 Å². The van der Waals surface area contributed by atoms with Crippen molar-refractivity contribution in [2.45, 2.75) is 105 Å². The number of piperidine rings is 1. The Hall–Kier alpha value is -3.41. The topological polar surface area (TPSA) is 163 Å². The minimum absolute atomic E-state index is 0.0292. The van der Waals surface area contributed by atoms with Crippen LogP contribution in [0.3, 0.4) is 0 Å². The molecule has 0 aromatic carbocycles. The van der Waals surface area contributed by atoms with E-state index in [9.17, 15) is 29.1 Å². The summed E-state index contributed by atoms with van der Waals surface area (Å²) in [6, 6.07) is -2.80. The number of alkyl carbamates (subject to hydrolysis) is 1. The molecule has 1 aliphatic heterocycles. The molecule has 1 saturated heterocycles. The number of esters is 1. The molecule has 5 unspecified atom stereocenters. The normalized spacial score (nSPS) is 22.7. The van der Waals surface area contributed by atoms with Crippen molar-refractivity contribution in [2.75, 3.05) is 19.7 Å². The van der Waals surface area contributed by atoms with Gasteiger partial charge in [-0.3, -0.25) is 14.4 Å². The Balaban J connectivity index is 2.24. The number of hydrogen-bond acceptors (Lipinski definition) is 8. The quantitative estimate of drug-likeness (QED) is 0.139. The average Bonchev–Trinajstić information content (AvgIpc) is 3.21. The van der Waals surface area contributed by atoms with Gasteiger partial charge in [0.1, 0.15) is 17.7 Å². The first-order valence-corrected chi connectivity index (χ1v) is 15.3. The number of aliphatic hydroxyl groups is 1. The standard InChI is InChI=1S/C32H52N4O8/c1-11-13-15-20(24(38)27(40)33-17-14-16-21(37)43-12-2)34-26(39)23-22-19(32(22,9)10)18-36(23)28(41)25(30(3,4)5)35-29(42)44-31(6,7)8/h11,14,16,19-20,22-25,38H,1,12-13,15,17-18H2,2-10H3,(H,33,40)(H,34,39)(H,35,42)/t19?,20?,22?,23?,24?,25-/m1/s1. The molecule has 1 heterocycles. The number of amides is 4. The lowest BCUT2D eigenvalue weighted by Gasteiger charge is -2.38. The van der Waals surface area contributed by atoms with Crippen molar-refractivity contribution < 1.29 is 38.6 Å². The predicted molar refractivity (Wildman–Crippen MR) is 165 cm³/mol. The second kappa shape index (κ2) is 14.6. The van der Waals surface area contributed by atoms with Crippen molar-refractivity contribution >= 4 is 29.8 Å². The van der Waals surface area contributed by atoms with Crippen molar-refractivity contribution in [3.05, 3.63) is 24.8 Å². The largest absolute Gasteiger partial charge is 0.463 e. The third kappa shape index (κ3) is 9.54. The first-order chi connectivity index (χ1) is 20.3. The van der Waals surface area contributed by atoms with Gasteiger partial charge in [0.25, 0.3) is 5.91 Å². The molecule has 1 aliphatic carbocycles. The van der Waals surface area contributed by atoms with Crippen LogP contribution in [0.25, 0.3) is 0 Å². The number of ether oxygens (including phenoxy) is 2. The number of fused-ring (bicyclic) bond motifs is 1. The fourth-order valence-electron chi connectivity index (χ4n) is 5.72. The van der Waals surface area contributed by atoms with Crippen LogP contribution in [-0.2, 0) is 28.7 Å². The van der Waals surface area contributed by atoms with Crippen molar-refractivity contribution in [3.63, 3.8) is 0 Å². The number of carbonyl (C=O) groups excluding carboxylic acids is 5. The van der Waals surface area contributed by atoms with Crippen LogP contribution in [0.15, 0.2) is 24.8 Å². The van der Waals surface area contributed by atoms with E-state index in [1.54, 1.807) is 33.8 Å². The Kier molecular flexibility index (Phi) is 12.2.